The predicted octanol–water partition coefficient (Wildman–Crippen LogP) is 6.81. The molecule has 5 heteroatoms. The molecule has 1 atom stereocenters. The summed E-state index contributed by atoms with van der Waals surface area (Å²) in [6.45, 7) is 12.4. The molecule has 2 heterocycles. The Kier molecular flexibility index (Phi) is 10.7. The van der Waals surface area contributed by atoms with Gasteiger partial charge in [0.2, 0.25) is 0 Å². The van der Waals surface area contributed by atoms with E-state index in [-0.39, 0.29) is 6.10 Å². The van der Waals surface area contributed by atoms with Crippen molar-refractivity contribution in [3.63, 3.8) is 0 Å². The lowest BCUT2D eigenvalue weighted by Gasteiger charge is -2.37. The van der Waals surface area contributed by atoms with E-state index in [1.165, 1.54) is 22.4 Å². The van der Waals surface area contributed by atoms with Crippen molar-refractivity contribution in [3.8, 4) is 5.75 Å². The van der Waals surface area contributed by atoms with E-state index in [0.29, 0.717) is 0 Å². The number of hydrogen-bond acceptors (Lipinski definition) is 4. The first-order valence-corrected chi connectivity index (χ1v) is 13.1. The van der Waals surface area contributed by atoms with Crippen LogP contribution >= 0.6 is 15.9 Å². The Morgan fingerprint density at radius 1 is 1.09 bits per heavy atom. The average molecular weight is 528 g/mol. The second-order valence-electron chi connectivity index (χ2n) is 9.04. The molecular formula is C29H39BrN2O2. The molecule has 0 bridgehead atoms. The Hall–Kier alpha value is -2.08. The number of hydrogen-bond donors (Lipinski definition) is 0. The van der Waals surface area contributed by atoms with Crippen LogP contribution in [0.15, 0.2) is 70.7 Å². The van der Waals surface area contributed by atoms with Crippen molar-refractivity contribution in [2.45, 2.75) is 39.7 Å². The highest BCUT2D eigenvalue weighted by molar-refractivity contribution is 9.10. The van der Waals surface area contributed by atoms with Crippen LogP contribution in [0.3, 0.4) is 0 Å². The second-order valence-corrected chi connectivity index (χ2v) is 9.95. The molecule has 1 fully saturated rings. The van der Waals surface area contributed by atoms with Crippen LogP contribution in [0.1, 0.15) is 44.4 Å². The van der Waals surface area contributed by atoms with E-state index in [1.807, 2.05) is 31.2 Å². The fraction of sp³-hybridized carbons (Fsp3) is 0.448. The maximum Gasteiger partial charge on any atom is 0.119 e. The molecule has 4 nitrogen and oxygen atoms in total. The molecule has 2 aliphatic heterocycles. The lowest BCUT2D eigenvalue weighted by Crippen LogP contribution is -2.46. The van der Waals surface area contributed by atoms with E-state index in [1.54, 1.807) is 7.11 Å². The minimum atomic E-state index is 0.228. The molecule has 0 aromatic heterocycles. The van der Waals surface area contributed by atoms with Crippen LogP contribution in [0.5, 0.6) is 5.75 Å². The van der Waals surface area contributed by atoms with E-state index < -0.39 is 0 Å². The van der Waals surface area contributed by atoms with Gasteiger partial charge in [-0.15, -0.1) is 0 Å². The van der Waals surface area contributed by atoms with Crippen LogP contribution in [0.2, 0.25) is 0 Å². The van der Waals surface area contributed by atoms with Crippen molar-refractivity contribution in [1.82, 2.24) is 4.90 Å². The zero-order valence-corrected chi connectivity index (χ0v) is 22.7. The minimum Gasteiger partial charge on any atom is -0.497 e. The standard InChI is InChI=1S/C22H27BrN2O2.C7H12/c1-26-20-6-4-19(5-7-20)25-13-11-24(12-14-25)10-8-22-21-16-18(23)3-2-17(21)9-15-27-22;1-4-5-6-7(2)3/h2-7,16,22H,8-15H2,1H3;4-6H,1-3H3/b;5-4-. The van der Waals surface area contributed by atoms with E-state index in [2.05, 4.69) is 76.0 Å². The first-order valence-electron chi connectivity index (χ1n) is 12.3. The number of ether oxygens (including phenoxy) is 2. The fourth-order valence-electron chi connectivity index (χ4n) is 4.34. The molecule has 0 N–H and O–H groups in total. The van der Waals surface area contributed by atoms with Gasteiger partial charge in [-0.25, -0.2) is 0 Å². The first-order chi connectivity index (χ1) is 16.5. The maximum atomic E-state index is 6.09. The summed E-state index contributed by atoms with van der Waals surface area (Å²) < 4.78 is 12.5. The van der Waals surface area contributed by atoms with Gasteiger partial charge in [-0.2, -0.15) is 0 Å². The van der Waals surface area contributed by atoms with Crippen molar-refractivity contribution in [2.24, 2.45) is 0 Å². The van der Waals surface area contributed by atoms with Gasteiger partial charge < -0.3 is 14.4 Å². The van der Waals surface area contributed by atoms with Crippen molar-refractivity contribution < 1.29 is 9.47 Å². The third-order valence-corrected chi connectivity index (χ3v) is 6.78. The number of rotatable bonds is 6. The summed E-state index contributed by atoms with van der Waals surface area (Å²) in [5, 5.41) is 0. The molecule has 4 rings (SSSR count). The highest BCUT2D eigenvalue weighted by atomic mass is 79.9. The van der Waals surface area contributed by atoms with E-state index >= 15 is 0 Å². The molecule has 2 aromatic carbocycles. The normalized spacial score (nSPS) is 18.1. The van der Waals surface area contributed by atoms with Crippen molar-refractivity contribution in [3.05, 3.63) is 81.9 Å². The zero-order chi connectivity index (χ0) is 24.3. The van der Waals surface area contributed by atoms with Crippen LogP contribution in [0, 0.1) is 0 Å². The molecule has 0 spiro atoms. The number of methoxy groups -OCH3 is 1. The minimum absolute atomic E-state index is 0.228. The number of halogens is 1. The van der Waals surface area contributed by atoms with Crippen LogP contribution < -0.4 is 9.64 Å². The van der Waals surface area contributed by atoms with Gasteiger partial charge in [-0.05, 0) is 81.1 Å². The average Bonchev–Trinajstić information content (AvgIpc) is 2.87. The van der Waals surface area contributed by atoms with Crippen LogP contribution in [-0.4, -0.2) is 51.3 Å². The number of fused-ring (bicyclic) bond motifs is 1. The highest BCUT2D eigenvalue weighted by Gasteiger charge is 2.23. The summed E-state index contributed by atoms with van der Waals surface area (Å²) >= 11 is 3.60. The first kappa shape index (κ1) is 26.5. The quantitative estimate of drug-likeness (QED) is 0.385. The summed E-state index contributed by atoms with van der Waals surface area (Å²) in [6.07, 6.45) is 8.46. The number of nitrogens with zero attached hydrogens (tertiary/aromatic N) is 2. The Labute approximate surface area is 214 Å². The Morgan fingerprint density at radius 3 is 2.44 bits per heavy atom. The summed E-state index contributed by atoms with van der Waals surface area (Å²) in [4.78, 5) is 5.02. The van der Waals surface area contributed by atoms with Crippen molar-refractivity contribution in [1.29, 1.82) is 0 Å². The van der Waals surface area contributed by atoms with Crippen LogP contribution in [0.4, 0.5) is 5.69 Å². The fourth-order valence-corrected chi connectivity index (χ4v) is 4.72. The second kappa shape index (κ2) is 13.7. The monoisotopic (exact) mass is 526 g/mol. The summed E-state index contributed by atoms with van der Waals surface area (Å²) in [5.41, 5.74) is 5.44. The topological polar surface area (TPSA) is 24.9 Å². The van der Waals surface area contributed by atoms with Gasteiger partial charge >= 0.3 is 0 Å². The lowest BCUT2D eigenvalue weighted by molar-refractivity contribution is 0.0288. The Bertz CT molecular complexity index is 943. The van der Waals surface area contributed by atoms with Gasteiger partial charge in [0.25, 0.3) is 0 Å². The maximum absolute atomic E-state index is 6.09. The Morgan fingerprint density at radius 2 is 1.82 bits per heavy atom. The van der Waals surface area contributed by atoms with Gasteiger partial charge in [0.05, 0.1) is 19.8 Å². The van der Waals surface area contributed by atoms with Gasteiger partial charge in [-0.3, -0.25) is 4.90 Å². The predicted molar refractivity (Wildman–Crippen MR) is 147 cm³/mol. The zero-order valence-electron chi connectivity index (χ0n) is 21.1. The van der Waals surface area contributed by atoms with Gasteiger partial charge in [0, 0.05) is 42.9 Å². The molecule has 0 aliphatic carbocycles. The molecule has 0 saturated carbocycles. The third kappa shape index (κ3) is 8.00. The van der Waals surface area contributed by atoms with Crippen LogP contribution in [-0.2, 0) is 11.2 Å². The third-order valence-electron chi connectivity index (χ3n) is 6.28. The van der Waals surface area contributed by atoms with Gasteiger partial charge in [0.1, 0.15) is 5.75 Å². The Balaban J connectivity index is 0.000000406. The number of benzene rings is 2. The number of anilines is 1. The molecule has 0 radical (unpaired) electrons. The number of piperazine rings is 1. The van der Waals surface area contributed by atoms with Crippen LogP contribution in [0.25, 0.3) is 0 Å². The van der Waals surface area contributed by atoms with E-state index in [0.717, 1.165) is 62.4 Å². The van der Waals surface area contributed by atoms with Gasteiger partial charge in [0.15, 0.2) is 0 Å². The smallest absolute Gasteiger partial charge is 0.119 e. The number of allylic oxidation sites excluding steroid dienone is 4. The van der Waals surface area contributed by atoms with E-state index in [4.69, 9.17) is 9.47 Å². The molecule has 2 aliphatic rings. The molecule has 2 aromatic rings. The SMILES string of the molecule is C/C=C\C=C(C)C.COc1ccc(N2CCN(CCC3OCCc4ccc(Br)cc43)CC2)cc1. The molecule has 34 heavy (non-hydrogen) atoms. The molecule has 1 unspecified atom stereocenters. The van der Waals surface area contributed by atoms with E-state index in [9.17, 15) is 0 Å². The van der Waals surface area contributed by atoms with Gasteiger partial charge in [-0.1, -0.05) is 45.8 Å². The molecule has 184 valence electrons. The molecule has 0 amide bonds. The largest absolute Gasteiger partial charge is 0.497 e. The van der Waals surface area contributed by atoms with Crippen molar-refractivity contribution >= 4 is 21.6 Å². The summed E-state index contributed by atoms with van der Waals surface area (Å²) in [5.74, 6) is 0.914. The highest BCUT2D eigenvalue weighted by Crippen LogP contribution is 2.32. The summed E-state index contributed by atoms with van der Waals surface area (Å²) in [6, 6.07) is 15.0. The molecular weight excluding hydrogens is 488 g/mol. The molecule has 1 saturated heterocycles. The lowest BCUT2D eigenvalue weighted by atomic mass is 9.95. The van der Waals surface area contributed by atoms with Crippen molar-refractivity contribution in [2.75, 3.05) is 51.3 Å². The summed E-state index contributed by atoms with van der Waals surface area (Å²) in [7, 11) is 1.71.